The zero-order valence-corrected chi connectivity index (χ0v) is 14.2. The number of hydrogen-bond donors (Lipinski definition) is 0. The molecular formula is C12H20ClNO4S2. The van der Waals surface area contributed by atoms with Crippen LogP contribution in [-0.4, -0.2) is 52.7 Å². The first-order valence-electron chi connectivity index (χ1n) is 6.10. The molecule has 8 heteroatoms. The van der Waals surface area contributed by atoms with Crippen molar-refractivity contribution < 1.29 is 17.9 Å². The number of alkyl halides is 1. The molecular weight excluding hydrogens is 322 g/mol. The van der Waals surface area contributed by atoms with Gasteiger partial charge in [0, 0.05) is 32.7 Å². The molecule has 5 nitrogen and oxygen atoms in total. The highest BCUT2D eigenvalue weighted by Crippen LogP contribution is 2.26. The van der Waals surface area contributed by atoms with Crippen molar-refractivity contribution in [3.8, 4) is 0 Å². The first-order chi connectivity index (χ1) is 9.47. The Hall–Kier alpha value is -0.180. The minimum absolute atomic E-state index is 0.262. The monoisotopic (exact) mass is 341 g/mol. The van der Waals surface area contributed by atoms with Gasteiger partial charge in [-0.3, -0.25) is 0 Å². The van der Waals surface area contributed by atoms with Crippen molar-refractivity contribution in [1.29, 1.82) is 0 Å². The fraction of sp³-hybridized carbons (Fsp3) is 0.667. The standard InChI is InChI=1S/C12H20ClNO4S2/c1-10(8-18-3)14(4-5-17-2)20(15,16)12-6-11(7-13)9-19-12/h6,9-10H,4-5,7-8H2,1-3H3. The molecule has 0 saturated heterocycles. The molecule has 0 spiro atoms. The minimum atomic E-state index is -3.55. The van der Waals surface area contributed by atoms with Crippen LogP contribution in [0, 0.1) is 0 Å². The molecule has 0 saturated carbocycles. The van der Waals surface area contributed by atoms with Crippen molar-refractivity contribution in [2.45, 2.75) is 23.1 Å². The lowest BCUT2D eigenvalue weighted by Gasteiger charge is -2.27. The van der Waals surface area contributed by atoms with E-state index in [2.05, 4.69) is 0 Å². The van der Waals surface area contributed by atoms with Crippen LogP contribution in [0.2, 0.25) is 0 Å². The summed E-state index contributed by atoms with van der Waals surface area (Å²) < 4.78 is 37.1. The predicted octanol–water partition coefficient (Wildman–Crippen LogP) is 2.16. The second-order valence-corrected chi connectivity index (χ2v) is 7.62. The van der Waals surface area contributed by atoms with Crippen LogP contribution in [0.25, 0.3) is 0 Å². The smallest absolute Gasteiger partial charge is 0.252 e. The summed E-state index contributed by atoms with van der Waals surface area (Å²) in [7, 11) is -0.457. The lowest BCUT2D eigenvalue weighted by molar-refractivity contribution is 0.119. The second kappa shape index (κ2) is 8.31. The SMILES string of the molecule is COCCN(C(C)COC)S(=O)(=O)c1cc(CCl)cs1. The van der Waals surface area contributed by atoms with Crippen molar-refractivity contribution in [2.24, 2.45) is 0 Å². The molecule has 0 fully saturated rings. The summed E-state index contributed by atoms with van der Waals surface area (Å²) in [6.07, 6.45) is 0. The van der Waals surface area contributed by atoms with Gasteiger partial charge in [0.05, 0.1) is 13.2 Å². The van der Waals surface area contributed by atoms with E-state index in [0.29, 0.717) is 23.3 Å². The van der Waals surface area contributed by atoms with Gasteiger partial charge in [0.15, 0.2) is 0 Å². The van der Waals surface area contributed by atoms with Crippen LogP contribution in [0.3, 0.4) is 0 Å². The third kappa shape index (κ3) is 4.41. The molecule has 0 amide bonds. The normalized spacial score (nSPS) is 13.8. The molecule has 1 aromatic rings. The molecule has 1 rings (SSSR count). The fourth-order valence-electron chi connectivity index (χ4n) is 1.76. The molecule has 1 heterocycles. The Kier molecular flexibility index (Phi) is 7.42. The van der Waals surface area contributed by atoms with Crippen LogP contribution < -0.4 is 0 Å². The van der Waals surface area contributed by atoms with E-state index in [0.717, 1.165) is 5.56 Å². The largest absolute Gasteiger partial charge is 0.383 e. The Morgan fingerprint density at radius 2 is 2.10 bits per heavy atom. The first-order valence-corrected chi connectivity index (χ1v) is 8.95. The summed E-state index contributed by atoms with van der Waals surface area (Å²) in [5.41, 5.74) is 0.807. The molecule has 0 bridgehead atoms. The molecule has 1 aromatic heterocycles. The van der Waals surface area contributed by atoms with Crippen LogP contribution in [0.1, 0.15) is 12.5 Å². The molecule has 116 valence electrons. The van der Waals surface area contributed by atoms with Crippen LogP contribution in [-0.2, 0) is 25.4 Å². The Bertz CT molecular complexity index is 503. The molecule has 0 aliphatic heterocycles. The van der Waals surface area contributed by atoms with Gasteiger partial charge in [-0.25, -0.2) is 8.42 Å². The van der Waals surface area contributed by atoms with Gasteiger partial charge in [0.25, 0.3) is 10.0 Å². The van der Waals surface area contributed by atoms with Gasteiger partial charge < -0.3 is 9.47 Å². The van der Waals surface area contributed by atoms with Crippen LogP contribution in [0.4, 0.5) is 0 Å². The van der Waals surface area contributed by atoms with Gasteiger partial charge in [-0.15, -0.1) is 22.9 Å². The van der Waals surface area contributed by atoms with E-state index >= 15 is 0 Å². The number of sulfonamides is 1. The zero-order chi connectivity index (χ0) is 15.2. The van der Waals surface area contributed by atoms with Crippen LogP contribution in [0.5, 0.6) is 0 Å². The van der Waals surface area contributed by atoms with E-state index < -0.39 is 10.0 Å². The molecule has 20 heavy (non-hydrogen) atoms. The van der Waals surface area contributed by atoms with Crippen molar-refractivity contribution >= 4 is 33.0 Å². The highest BCUT2D eigenvalue weighted by Gasteiger charge is 2.30. The second-order valence-electron chi connectivity index (χ2n) is 4.32. The topological polar surface area (TPSA) is 55.8 Å². The Balaban J connectivity index is 3.02. The van der Waals surface area contributed by atoms with Gasteiger partial charge in [-0.05, 0) is 23.9 Å². The number of methoxy groups -OCH3 is 2. The van der Waals surface area contributed by atoms with Gasteiger partial charge >= 0.3 is 0 Å². The van der Waals surface area contributed by atoms with Gasteiger partial charge in [-0.2, -0.15) is 4.31 Å². The van der Waals surface area contributed by atoms with E-state index in [1.165, 1.54) is 15.6 Å². The maximum absolute atomic E-state index is 12.7. The summed E-state index contributed by atoms with van der Waals surface area (Å²) in [5, 5.41) is 1.76. The third-order valence-corrected chi connectivity index (χ3v) is 6.55. The highest BCUT2D eigenvalue weighted by atomic mass is 35.5. The molecule has 1 unspecified atom stereocenters. The van der Waals surface area contributed by atoms with Crippen molar-refractivity contribution in [2.75, 3.05) is 34.0 Å². The lowest BCUT2D eigenvalue weighted by Crippen LogP contribution is -2.42. The number of rotatable bonds is 9. The summed E-state index contributed by atoms with van der Waals surface area (Å²) in [5.74, 6) is 0.303. The Morgan fingerprint density at radius 1 is 1.40 bits per heavy atom. The average molecular weight is 342 g/mol. The van der Waals surface area contributed by atoms with Crippen LogP contribution in [0.15, 0.2) is 15.7 Å². The van der Waals surface area contributed by atoms with Crippen molar-refractivity contribution in [1.82, 2.24) is 4.31 Å². The summed E-state index contributed by atoms with van der Waals surface area (Å²) in [4.78, 5) is 0. The molecule has 0 aliphatic rings. The maximum Gasteiger partial charge on any atom is 0.252 e. The molecule has 0 radical (unpaired) electrons. The van der Waals surface area contributed by atoms with Crippen molar-refractivity contribution in [3.05, 3.63) is 17.0 Å². The van der Waals surface area contributed by atoms with E-state index in [9.17, 15) is 8.42 Å². The third-order valence-electron chi connectivity index (χ3n) is 2.76. The summed E-state index contributed by atoms with van der Waals surface area (Å²) in [6.45, 7) is 2.77. The lowest BCUT2D eigenvalue weighted by atomic mass is 10.3. The zero-order valence-electron chi connectivity index (χ0n) is 11.8. The highest BCUT2D eigenvalue weighted by molar-refractivity contribution is 7.91. The Labute approximate surface area is 129 Å². The fourth-order valence-corrected chi connectivity index (χ4v) is 4.94. The van der Waals surface area contributed by atoms with E-state index in [1.807, 2.05) is 6.92 Å². The summed E-state index contributed by atoms with van der Waals surface area (Å²) >= 11 is 6.91. The molecule has 1 atom stereocenters. The maximum atomic E-state index is 12.7. The summed E-state index contributed by atoms with van der Waals surface area (Å²) in [6, 6.07) is 1.36. The number of halogens is 1. The predicted molar refractivity (Wildman–Crippen MR) is 81.0 cm³/mol. The average Bonchev–Trinajstić information content (AvgIpc) is 2.88. The molecule has 0 aliphatic carbocycles. The van der Waals surface area contributed by atoms with E-state index in [-0.39, 0.29) is 12.6 Å². The molecule has 0 aromatic carbocycles. The van der Waals surface area contributed by atoms with Crippen molar-refractivity contribution in [3.63, 3.8) is 0 Å². The Morgan fingerprint density at radius 3 is 2.60 bits per heavy atom. The number of ether oxygens (including phenoxy) is 2. The van der Waals surface area contributed by atoms with Crippen LogP contribution >= 0.6 is 22.9 Å². The van der Waals surface area contributed by atoms with Gasteiger partial charge in [0.1, 0.15) is 4.21 Å². The number of nitrogens with zero attached hydrogens (tertiary/aromatic N) is 1. The first kappa shape index (κ1) is 17.9. The number of thiophene rings is 1. The van der Waals surface area contributed by atoms with E-state index in [1.54, 1.807) is 25.7 Å². The van der Waals surface area contributed by atoms with Gasteiger partial charge in [-0.1, -0.05) is 0 Å². The minimum Gasteiger partial charge on any atom is -0.383 e. The van der Waals surface area contributed by atoms with Gasteiger partial charge in [0.2, 0.25) is 0 Å². The molecule has 0 N–H and O–H groups in total. The number of hydrogen-bond acceptors (Lipinski definition) is 5. The quantitative estimate of drug-likeness (QED) is 0.646. The van der Waals surface area contributed by atoms with E-state index in [4.69, 9.17) is 21.1 Å².